The van der Waals surface area contributed by atoms with Gasteiger partial charge in [0, 0.05) is 19.3 Å². The molecule has 0 aliphatic carbocycles. The van der Waals surface area contributed by atoms with Gasteiger partial charge in [0.1, 0.15) is 5.56 Å². The standard InChI is InChI=1S/C12H16N2O2/c1-9-4-3-7-14(8-9)12(16)10-5-2-6-13-11(10)15/h2,5-6,9H,3-4,7-8H2,1H3,(H,13,15)/t9-/m1/s1. The van der Waals surface area contributed by atoms with Gasteiger partial charge in [-0.2, -0.15) is 0 Å². The Kier molecular flexibility index (Phi) is 3.08. The van der Waals surface area contributed by atoms with Gasteiger partial charge in [0.15, 0.2) is 0 Å². The quantitative estimate of drug-likeness (QED) is 0.774. The zero-order valence-electron chi connectivity index (χ0n) is 9.40. The summed E-state index contributed by atoms with van der Waals surface area (Å²) in [4.78, 5) is 27.9. The van der Waals surface area contributed by atoms with Crippen LogP contribution < -0.4 is 5.56 Å². The van der Waals surface area contributed by atoms with E-state index in [1.54, 1.807) is 17.0 Å². The highest BCUT2D eigenvalue weighted by atomic mass is 16.2. The van der Waals surface area contributed by atoms with Gasteiger partial charge in [0.2, 0.25) is 0 Å². The number of aromatic amines is 1. The third kappa shape index (κ3) is 2.15. The predicted molar refractivity (Wildman–Crippen MR) is 61.4 cm³/mol. The Labute approximate surface area is 94.3 Å². The van der Waals surface area contributed by atoms with Gasteiger partial charge in [-0.1, -0.05) is 6.92 Å². The molecule has 0 aromatic carbocycles. The lowest BCUT2D eigenvalue weighted by Gasteiger charge is -2.30. The Morgan fingerprint density at radius 1 is 1.56 bits per heavy atom. The smallest absolute Gasteiger partial charge is 0.260 e. The summed E-state index contributed by atoms with van der Waals surface area (Å²) in [6.45, 7) is 3.65. The van der Waals surface area contributed by atoms with E-state index in [9.17, 15) is 9.59 Å². The van der Waals surface area contributed by atoms with Crippen molar-refractivity contribution in [2.75, 3.05) is 13.1 Å². The molecule has 2 heterocycles. The van der Waals surface area contributed by atoms with E-state index in [-0.39, 0.29) is 17.0 Å². The fourth-order valence-corrected chi connectivity index (χ4v) is 2.13. The van der Waals surface area contributed by atoms with Crippen LogP contribution >= 0.6 is 0 Å². The fraction of sp³-hybridized carbons (Fsp3) is 0.500. The Hall–Kier alpha value is -1.58. The fourth-order valence-electron chi connectivity index (χ4n) is 2.13. The summed E-state index contributed by atoms with van der Waals surface area (Å²) in [7, 11) is 0. The van der Waals surface area contributed by atoms with E-state index >= 15 is 0 Å². The summed E-state index contributed by atoms with van der Waals surface area (Å²) in [5, 5.41) is 0. The van der Waals surface area contributed by atoms with E-state index in [2.05, 4.69) is 11.9 Å². The van der Waals surface area contributed by atoms with Crippen LogP contribution in [0.1, 0.15) is 30.1 Å². The number of rotatable bonds is 1. The average Bonchev–Trinajstić information content (AvgIpc) is 2.29. The van der Waals surface area contributed by atoms with Crippen molar-refractivity contribution < 1.29 is 4.79 Å². The number of carbonyl (C=O) groups excluding carboxylic acids is 1. The van der Waals surface area contributed by atoms with Crippen LogP contribution in [0.3, 0.4) is 0 Å². The number of hydrogen-bond donors (Lipinski definition) is 1. The van der Waals surface area contributed by atoms with Gasteiger partial charge < -0.3 is 9.88 Å². The summed E-state index contributed by atoms with van der Waals surface area (Å²) >= 11 is 0. The van der Waals surface area contributed by atoms with Crippen molar-refractivity contribution in [1.29, 1.82) is 0 Å². The molecule has 1 aromatic heterocycles. The molecule has 4 heteroatoms. The van der Waals surface area contributed by atoms with Crippen LogP contribution in [0.15, 0.2) is 23.1 Å². The highest BCUT2D eigenvalue weighted by Crippen LogP contribution is 2.16. The Morgan fingerprint density at radius 2 is 2.38 bits per heavy atom. The topological polar surface area (TPSA) is 53.2 Å². The average molecular weight is 220 g/mol. The minimum absolute atomic E-state index is 0.145. The first kappa shape index (κ1) is 10.9. The molecule has 0 bridgehead atoms. The van der Waals surface area contributed by atoms with Gasteiger partial charge in [-0.15, -0.1) is 0 Å². The first-order valence-electron chi connectivity index (χ1n) is 5.65. The largest absolute Gasteiger partial charge is 0.338 e. The normalized spacial score (nSPS) is 20.8. The highest BCUT2D eigenvalue weighted by Gasteiger charge is 2.23. The van der Waals surface area contributed by atoms with Crippen LogP contribution in [-0.4, -0.2) is 28.9 Å². The molecule has 1 fully saturated rings. The zero-order chi connectivity index (χ0) is 11.5. The maximum Gasteiger partial charge on any atom is 0.260 e. The molecular weight excluding hydrogens is 204 g/mol. The highest BCUT2D eigenvalue weighted by molar-refractivity contribution is 5.93. The molecule has 1 saturated heterocycles. The van der Waals surface area contributed by atoms with E-state index in [4.69, 9.17) is 0 Å². The van der Waals surface area contributed by atoms with Crippen LogP contribution in [0, 0.1) is 5.92 Å². The summed E-state index contributed by atoms with van der Waals surface area (Å²) in [6, 6.07) is 3.27. The third-order valence-electron chi connectivity index (χ3n) is 2.99. The maximum atomic E-state index is 12.1. The van der Waals surface area contributed by atoms with Crippen LogP contribution in [0.2, 0.25) is 0 Å². The van der Waals surface area contributed by atoms with Crippen LogP contribution in [0.5, 0.6) is 0 Å². The predicted octanol–water partition coefficient (Wildman–Crippen LogP) is 1.25. The lowest BCUT2D eigenvalue weighted by molar-refractivity contribution is 0.0681. The molecule has 1 aromatic rings. The number of aromatic nitrogens is 1. The molecule has 2 rings (SSSR count). The molecule has 0 radical (unpaired) electrons. The van der Waals surface area contributed by atoms with E-state index in [1.807, 2.05) is 0 Å². The number of nitrogens with one attached hydrogen (secondary N) is 1. The van der Waals surface area contributed by atoms with E-state index in [0.717, 1.165) is 25.9 Å². The lowest BCUT2D eigenvalue weighted by Crippen LogP contribution is -2.41. The molecule has 0 unspecified atom stereocenters. The van der Waals surface area contributed by atoms with Gasteiger partial charge in [-0.05, 0) is 30.9 Å². The van der Waals surface area contributed by atoms with Crippen molar-refractivity contribution in [3.8, 4) is 0 Å². The SMILES string of the molecule is C[C@@H]1CCCN(C(=O)c2ccc[nH]c2=O)C1. The minimum atomic E-state index is -0.300. The third-order valence-corrected chi connectivity index (χ3v) is 2.99. The number of likely N-dealkylation sites (tertiary alicyclic amines) is 1. The van der Waals surface area contributed by atoms with Crippen molar-refractivity contribution in [3.05, 3.63) is 34.2 Å². The summed E-state index contributed by atoms with van der Waals surface area (Å²) in [6.07, 6.45) is 3.73. The molecule has 0 saturated carbocycles. The summed E-state index contributed by atoms with van der Waals surface area (Å²) in [5.74, 6) is 0.383. The molecule has 1 amide bonds. The lowest BCUT2D eigenvalue weighted by atomic mass is 10.00. The molecule has 16 heavy (non-hydrogen) atoms. The zero-order valence-corrected chi connectivity index (χ0v) is 9.40. The number of carbonyl (C=O) groups is 1. The maximum absolute atomic E-state index is 12.1. The number of H-pyrrole nitrogens is 1. The molecule has 1 aliphatic rings. The Morgan fingerprint density at radius 3 is 3.06 bits per heavy atom. The van der Waals surface area contributed by atoms with Crippen molar-refractivity contribution in [2.24, 2.45) is 5.92 Å². The molecule has 1 atom stereocenters. The monoisotopic (exact) mass is 220 g/mol. The Balaban J connectivity index is 2.19. The number of nitrogens with zero attached hydrogens (tertiary/aromatic N) is 1. The minimum Gasteiger partial charge on any atom is -0.338 e. The van der Waals surface area contributed by atoms with Crippen LogP contribution in [-0.2, 0) is 0 Å². The molecule has 0 spiro atoms. The van der Waals surface area contributed by atoms with Crippen molar-refractivity contribution in [1.82, 2.24) is 9.88 Å². The molecule has 1 aliphatic heterocycles. The van der Waals surface area contributed by atoms with E-state index in [0.29, 0.717) is 5.92 Å². The molecular formula is C12H16N2O2. The number of amides is 1. The van der Waals surface area contributed by atoms with Gasteiger partial charge in [0.25, 0.3) is 11.5 Å². The van der Waals surface area contributed by atoms with Gasteiger partial charge in [0.05, 0.1) is 0 Å². The van der Waals surface area contributed by atoms with Crippen LogP contribution in [0.25, 0.3) is 0 Å². The second kappa shape index (κ2) is 4.51. The van der Waals surface area contributed by atoms with Crippen molar-refractivity contribution in [3.63, 3.8) is 0 Å². The number of piperidine rings is 1. The van der Waals surface area contributed by atoms with Crippen LogP contribution in [0.4, 0.5) is 0 Å². The van der Waals surface area contributed by atoms with Gasteiger partial charge >= 0.3 is 0 Å². The first-order valence-corrected chi connectivity index (χ1v) is 5.65. The van der Waals surface area contributed by atoms with E-state index < -0.39 is 0 Å². The number of pyridine rings is 1. The van der Waals surface area contributed by atoms with Crippen molar-refractivity contribution in [2.45, 2.75) is 19.8 Å². The van der Waals surface area contributed by atoms with Gasteiger partial charge in [-0.25, -0.2) is 0 Å². The second-order valence-corrected chi connectivity index (χ2v) is 4.41. The summed E-state index contributed by atoms with van der Waals surface area (Å²) < 4.78 is 0. The summed E-state index contributed by atoms with van der Waals surface area (Å²) in [5.41, 5.74) is -0.0534. The molecule has 86 valence electrons. The first-order chi connectivity index (χ1) is 7.68. The van der Waals surface area contributed by atoms with Gasteiger partial charge in [-0.3, -0.25) is 9.59 Å². The van der Waals surface area contributed by atoms with Crippen molar-refractivity contribution >= 4 is 5.91 Å². The second-order valence-electron chi connectivity index (χ2n) is 4.41. The number of hydrogen-bond acceptors (Lipinski definition) is 2. The van der Waals surface area contributed by atoms with E-state index in [1.165, 1.54) is 6.20 Å². The molecule has 1 N–H and O–H groups in total. The molecule has 4 nitrogen and oxygen atoms in total. The Bertz CT molecular complexity index is 439.